The van der Waals surface area contributed by atoms with Gasteiger partial charge in [-0.3, -0.25) is 4.79 Å². The minimum absolute atomic E-state index is 0.0660. The molecule has 1 aromatic carbocycles. The standard InChI is InChI=1S/C13H16N2O5/c1-3-20-11(16)7-14-13(19)15-10-6-9(12(17)18)5-4-8(10)2/h4-6H,3,7H2,1-2H3,(H,17,18)(H2,14,15,19). The van der Waals surface area contributed by atoms with Gasteiger partial charge in [-0.1, -0.05) is 6.07 Å². The van der Waals surface area contributed by atoms with Crippen LogP contribution in [0.4, 0.5) is 10.5 Å². The maximum atomic E-state index is 11.6. The molecule has 0 saturated carbocycles. The van der Waals surface area contributed by atoms with Crippen molar-refractivity contribution in [1.82, 2.24) is 5.32 Å². The second-order valence-electron chi connectivity index (χ2n) is 3.95. The molecule has 0 bridgehead atoms. The van der Waals surface area contributed by atoms with E-state index in [1.165, 1.54) is 12.1 Å². The molecule has 1 rings (SSSR count). The fraction of sp³-hybridized carbons (Fsp3) is 0.308. The Balaban J connectivity index is 2.63. The number of ether oxygens (including phenoxy) is 1. The van der Waals surface area contributed by atoms with Crippen LogP contribution in [0.1, 0.15) is 22.8 Å². The van der Waals surface area contributed by atoms with E-state index in [1.807, 2.05) is 0 Å². The summed E-state index contributed by atoms with van der Waals surface area (Å²) in [5.74, 6) is -1.63. The van der Waals surface area contributed by atoms with Crippen molar-refractivity contribution < 1.29 is 24.2 Å². The van der Waals surface area contributed by atoms with Gasteiger partial charge in [-0.05, 0) is 31.5 Å². The highest BCUT2D eigenvalue weighted by Gasteiger charge is 2.10. The number of nitrogens with one attached hydrogen (secondary N) is 2. The number of carbonyl (C=O) groups excluding carboxylic acids is 2. The predicted octanol–water partition coefficient (Wildman–Crippen LogP) is 1.38. The van der Waals surface area contributed by atoms with E-state index in [0.29, 0.717) is 11.3 Å². The van der Waals surface area contributed by atoms with Crippen molar-refractivity contribution in [1.29, 1.82) is 0 Å². The highest BCUT2D eigenvalue weighted by Crippen LogP contribution is 2.16. The number of carboxylic acid groups (broad SMARTS) is 1. The molecule has 0 saturated heterocycles. The third-order valence-electron chi connectivity index (χ3n) is 2.43. The molecule has 0 aliphatic heterocycles. The minimum atomic E-state index is -1.08. The van der Waals surface area contributed by atoms with Crippen molar-refractivity contribution in [2.75, 3.05) is 18.5 Å². The number of hydrogen-bond acceptors (Lipinski definition) is 4. The van der Waals surface area contributed by atoms with E-state index in [9.17, 15) is 14.4 Å². The van der Waals surface area contributed by atoms with Crippen LogP contribution in [0.25, 0.3) is 0 Å². The van der Waals surface area contributed by atoms with E-state index in [2.05, 4.69) is 15.4 Å². The van der Waals surface area contributed by atoms with Crippen molar-refractivity contribution in [3.63, 3.8) is 0 Å². The summed E-state index contributed by atoms with van der Waals surface area (Å²) >= 11 is 0. The first-order chi connectivity index (χ1) is 9.43. The first-order valence-electron chi connectivity index (χ1n) is 5.98. The maximum Gasteiger partial charge on any atom is 0.335 e. The molecular weight excluding hydrogens is 264 g/mol. The molecule has 3 N–H and O–H groups in total. The number of anilines is 1. The van der Waals surface area contributed by atoms with Gasteiger partial charge >= 0.3 is 18.0 Å². The summed E-state index contributed by atoms with van der Waals surface area (Å²) in [5.41, 5.74) is 1.14. The zero-order valence-corrected chi connectivity index (χ0v) is 11.2. The average Bonchev–Trinajstić information content (AvgIpc) is 2.39. The molecule has 108 valence electrons. The van der Waals surface area contributed by atoms with Gasteiger partial charge in [-0.2, -0.15) is 0 Å². The van der Waals surface area contributed by atoms with Gasteiger partial charge in [-0.25, -0.2) is 9.59 Å². The van der Waals surface area contributed by atoms with Gasteiger partial charge in [0.1, 0.15) is 6.54 Å². The molecule has 2 amide bonds. The summed E-state index contributed by atoms with van der Waals surface area (Å²) in [6.45, 7) is 3.38. The zero-order chi connectivity index (χ0) is 15.1. The maximum absolute atomic E-state index is 11.6. The van der Waals surface area contributed by atoms with E-state index < -0.39 is 18.0 Å². The van der Waals surface area contributed by atoms with Crippen LogP contribution in [0.5, 0.6) is 0 Å². The molecule has 0 heterocycles. The van der Waals surface area contributed by atoms with Crippen LogP contribution in [0, 0.1) is 6.92 Å². The van der Waals surface area contributed by atoms with Crippen molar-refractivity contribution in [2.24, 2.45) is 0 Å². The Kier molecular flexibility index (Phi) is 5.52. The van der Waals surface area contributed by atoms with Gasteiger partial charge in [0.25, 0.3) is 0 Å². The van der Waals surface area contributed by atoms with Crippen LogP contribution in [-0.4, -0.2) is 36.2 Å². The molecular formula is C13H16N2O5. The number of carbonyl (C=O) groups is 3. The molecule has 0 radical (unpaired) electrons. The number of hydrogen-bond donors (Lipinski definition) is 3. The number of benzene rings is 1. The summed E-state index contributed by atoms with van der Waals surface area (Å²) in [5, 5.41) is 13.7. The molecule has 0 fully saturated rings. The monoisotopic (exact) mass is 280 g/mol. The average molecular weight is 280 g/mol. The van der Waals surface area contributed by atoms with Crippen LogP contribution in [0.3, 0.4) is 0 Å². The summed E-state index contributed by atoms with van der Waals surface area (Å²) in [6.07, 6.45) is 0. The van der Waals surface area contributed by atoms with E-state index in [0.717, 1.165) is 0 Å². The third kappa shape index (κ3) is 4.60. The molecule has 0 aliphatic carbocycles. The Hall–Kier alpha value is -2.57. The lowest BCUT2D eigenvalue weighted by Gasteiger charge is -2.10. The summed E-state index contributed by atoms with van der Waals surface area (Å²) in [6, 6.07) is 3.77. The third-order valence-corrected chi connectivity index (χ3v) is 2.43. The van der Waals surface area contributed by atoms with Crippen molar-refractivity contribution in [3.05, 3.63) is 29.3 Å². The largest absolute Gasteiger partial charge is 0.478 e. The van der Waals surface area contributed by atoms with Crippen molar-refractivity contribution in [3.8, 4) is 0 Å². The van der Waals surface area contributed by atoms with E-state index in [-0.39, 0.29) is 18.7 Å². The van der Waals surface area contributed by atoms with Crippen LogP contribution in [-0.2, 0) is 9.53 Å². The number of carboxylic acids is 1. The second-order valence-corrected chi connectivity index (χ2v) is 3.95. The fourth-order valence-corrected chi connectivity index (χ4v) is 1.42. The number of rotatable bonds is 5. The number of esters is 1. The quantitative estimate of drug-likeness (QED) is 0.707. The molecule has 0 atom stereocenters. The number of amides is 2. The normalized spacial score (nSPS) is 9.70. The van der Waals surface area contributed by atoms with Crippen LogP contribution < -0.4 is 10.6 Å². The van der Waals surface area contributed by atoms with E-state index in [4.69, 9.17) is 5.11 Å². The van der Waals surface area contributed by atoms with Gasteiger partial charge in [-0.15, -0.1) is 0 Å². The van der Waals surface area contributed by atoms with Crippen molar-refractivity contribution >= 4 is 23.7 Å². The van der Waals surface area contributed by atoms with Crippen LogP contribution in [0.15, 0.2) is 18.2 Å². The van der Waals surface area contributed by atoms with Gasteiger partial charge in [0.05, 0.1) is 12.2 Å². The first kappa shape index (κ1) is 15.5. The highest BCUT2D eigenvalue weighted by molar-refractivity contribution is 5.94. The van der Waals surface area contributed by atoms with Gasteiger partial charge < -0.3 is 20.5 Å². The number of aromatic carboxylic acids is 1. The molecule has 1 aromatic rings. The molecule has 0 unspecified atom stereocenters. The topological polar surface area (TPSA) is 105 Å². The molecule has 7 nitrogen and oxygen atoms in total. The van der Waals surface area contributed by atoms with Gasteiger partial charge in [0.2, 0.25) is 0 Å². The van der Waals surface area contributed by atoms with E-state index in [1.54, 1.807) is 19.9 Å². The Labute approximate surface area is 115 Å². The molecule has 20 heavy (non-hydrogen) atoms. The Morgan fingerprint density at radius 1 is 1.30 bits per heavy atom. The Morgan fingerprint density at radius 3 is 2.60 bits per heavy atom. The van der Waals surface area contributed by atoms with Gasteiger partial charge in [0, 0.05) is 5.69 Å². The predicted molar refractivity (Wildman–Crippen MR) is 71.8 cm³/mol. The Morgan fingerprint density at radius 2 is 2.00 bits per heavy atom. The fourth-order valence-electron chi connectivity index (χ4n) is 1.42. The van der Waals surface area contributed by atoms with Crippen LogP contribution in [0.2, 0.25) is 0 Å². The first-order valence-corrected chi connectivity index (χ1v) is 5.98. The molecule has 7 heteroatoms. The lowest BCUT2D eigenvalue weighted by Crippen LogP contribution is -2.34. The molecule has 0 spiro atoms. The van der Waals surface area contributed by atoms with E-state index >= 15 is 0 Å². The summed E-state index contributed by atoms with van der Waals surface area (Å²) in [4.78, 5) is 33.5. The smallest absolute Gasteiger partial charge is 0.335 e. The highest BCUT2D eigenvalue weighted by atomic mass is 16.5. The van der Waals surface area contributed by atoms with Gasteiger partial charge in [0.15, 0.2) is 0 Å². The lowest BCUT2D eigenvalue weighted by atomic mass is 10.1. The molecule has 0 aromatic heterocycles. The Bertz CT molecular complexity index is 527. The second kappa shape index (κ2) is 7.13. The lowest BCUT2D eigenvalue weighted by molar-refractivity contribution is -0.141. The number of aryl methyl sites for hydroxylation is 1. The SMILES string of the molecule is CCOC(=O)CNC(=O)Nc1cc(C(=O)O)ccc1C. The molecule has 0 aliphatic rings. The summed E-state index contributed by atoms with van der Waals surface area (Å²) < 4.78 is 4.66. The summed E-state index contributed by atoms with van der Waals surface area (Å²) in [7, 11) is 0. The minimum Gasteiger partial charge on any atom is -0.478 e. The van der Waals surface area contributed by atoms with Crippen LogP contribution >= 0.6 is 0 Å². The van der Waals surface area contributed by atoms with Crippen molar-refractivity contribution in [2.45, 2.75) is 13.8 Å². The zero-order valence-electron chi connectivity index (χ0n) is 11.2. The number of urea groups is 1.